The zero-order chi connectivity index (χ0) is 12.1. The number of piperazine rings is 1. The molecule has 0 aromatic carbocycles. The van der Waals surface area contributed by atoms with E-state index in [2.05, 4.69) is 24.5 Å². The number of hydrogen-bond donors (Lipinski definition) is 2. The van der Waals surface area contributed by atoms with Crippen LogP contribution in [0.15, 0.2) is 0 Å². The second-order valence-electron chi connectivity index (χ2n) is 4.59. The van der Waals surface area contributed by atoms with Crippen LogP contribution >= 0.6 is 12.4 Å². The summed E-state index contributed by atoms with van der Waals surface area (Å²) in [5.41, 5.74) is 0. The lowest BCUT2D eigenvalue weighted by molar-refractivity contribution is -0.137. The van der Waals surface area contributed by atoms with E-state index < -0.39 is 0 Å². The Balaban J connectivity index is 0.00000256. The summed E-state index contributed by atoms with van der Waals surface area (Å²) in [5.74, 6) is 0.331. The Morgan fingerprint density at radius 1 is 1.47 bits per heavy atom. The van der Waals surface area contributed by atoms with Crippen LogP contribution in [0.1, 0.15) is 20.8 Å². The van der Waals surface area contributed by atoms with E-state index in [1.165, 1.54) is 0 Å². The molecule has 0 aliphatic carbocycles. The average Bonchev–Trinajstić information content (AvgIpc) is 2.21. The summed E-state index contributed by atoms with van der Waals surface area (Å²) in [6, 6.07) is 0.144. The second kappa shape index (κ2) is 7.50. The van der Waals surface area contributed by atoms with Crippen molar-refractivity contribution in [3.63, 3.8) is 0 Å². The Kier molecular flexibility index (Phi) is 7.15. The normalized spacial score (nSPS) is 17.6. The molecule has 2 N–H and O–H groups in total. The molecule has 1 aliphatic heterocycles. The summed E-state index contributed by atoms with van der Waals surface area (Å²) < 4.78 is 0. The first-order valence-electron chi connectivity index (χ1n) is 5.78. The topological polar surface area (TPSA) is 61.4 Å². The summed E-state index contributed by atoms with van der Waals surface area (Å²) in [4.78, 5) is 24.7. The molecule has 1 atom stereocenters. The lowest BCUT2D eigenvalue weighted by atomic mass is 10.1. The number of nitrogens with zero attached hydrogens (tertiary/aromatic N) is 1. The van der Waals surface area contributed by atoms with Gasteiger partial charge in [-0.05, 0) is 12.8 Å². The number of carbonyl (C=O) groups is 2. The summed E-state index contributed by atoms with van der Waals surface area (Å²) in [5, 5.41) is 5.87. The second-order valence-corrected chi connectivity index (χ2v) is 4.59. The third kappa shape index (κ3) is 5.37. The number of rotatable bonds is 4. The zero-order valence-electron chi connectivity index (χ0n) is 10.7. The van der Waals surface area contributed by atoms with Crippen molar-refractivity contribution in [3.8, 4) is 0 Å². The number of carbonyl (C=O) groups excluding carboxylic acids is 2. The van der Waals surface area contributed by atoms with E-state index in [-0.39, 0.29) is 36.8 Å². The highest BCUT2D eigenvalue weighted by Crippen LogP contribution is 2.00. The van der Waals surface area contributed by atoms with Crippen LogP contribution in [0.3, 0.4) is 0 Å². The molecule has 1 fully saturated rings. The summed E-state index contributed by atoms with van der Waals surface area (Å²) >= 11 is 0. The van der Waals surface area contributed by atoms with Crippen LogP contribution in [-0.4, -0.2) is 48.9 Å². The number of halogens is 1. The minimum absolute atomic E-state index is 0. The highest BCUT2D eigenvalue weighted by Gasteiger charge is 2.21. The SMILES string of the molecule is CC(C)C(C)NC(=O)CN1CCNCC1=O.Cl. The molecule has 100 valence electrons. The summed E-state index contributed by atoms with van der Waals surface area (Å²) in [6.07, 6.45) is 0. The van der Waals surface area contributed by atoms with Crippen LogP contribution in [0.4, 0.5) is 0 Å². The van der Waals surface area contributed by atoms with Gasteiger partial charge in [0.1, 0.15) is 0 Å². The van der Waals surface area contributed by atoms with Gasteiger partial charge >= 0.3 is 0 Å². The molecule has 0 aromatic rings. The van der Waals surface area contributed by atoms with Gasteiger partial charge in [0.25, 0.3) is 0 Å². The van der Waals surface area contributed by atoms with Crippen LogP contribution in [0.5, 0.6) is 0 Å². The molecule has 0 spiro atoms. The van der Waals surface area contributed by atoms with E-state index in [1.807, 2.05) is 6.92 Å². The largest absolute Gasteiger partial charge is 0.352 e. The van der Waals surface area contributed by atoms with Crippen LogP contribution in [0, 0.1) is 5.92 Å². The standard InChI is InChI=1S/C11H21N3O2.ClH/c1-8(2)9(3)13-10(15)7-14-5-4-12-6-11(14)16;/h8-9,12H,4-7H2,1-3H3,(H,13,15);1H. The average molecular weight is 264 g/mol. The van der Waals surface area contributed by atoms with Crippen LogP contribution in [0.2, 0.25) is 0 Å². The molecule has 1 saturated heterocycles. The van der Waals surface area contributed by atoms with Gasteiger partial charge in [-0.15, -0.1) is 12.4 Å². The van der Waals surface area contributed by atoms with Crippen molar-refractivity contribution in [2.75, 3.05) is 26.2 Å². The summed E-state index contributed by atoms with van der Waals surface area (Å²) in [7, 11) is 0. The molecule has 0 aromatic heterocycles. The van der Waals surface area contributed by atoms with Gasteiger partial charge < -0.3 is 15.5 Å². The van der Waals surface area contributed by atoms with Gasteiger partial charge in [-0.3, -0.25) is 9.59 Å². The van der Waals surface area contributed by atoms with Crippen LogP contribution < -0.4 is 10.6 Å². The molecule has 0 saturated carbocycles. The molecular weight excluding hydrogens is 242 g/mol. The van der Waals surface area contributed by atoms with Gasteiger partial charge in [0, 0.05) is 19.1 Å². The fourth-order valence-electron chi connectivity index (χ4n) is 1.45. The molecule has 1 rings (SSSR count). The molecule has 0 bridgehead atoms. The fraction of sp³-hybridized carbons (Fsp3) is 0.818. The Labute approximate surface area is 109 Å². The minimum atomic E-state index is -0.0727. The first-order chi connectivity index (χ1) is 7.50. The Morgan fingerprint density at radius 2 is 2.12 bits per heavy atom. The molecule has 1 aliphatic rings. The van der Waals surface area contributed by atoms with Crippen molar-refractivity contribution in [1.29, 1.82) is 0 Å². The van der Waals surface area contributed by atoms with E-state index >= 15 is 0 Å². The Bertz CT molecular complexity index is 271. The third-order valence-electron chi connectivity index (χ3n) is 2.91. The van der Waals surface area contributed by atoms with Gasteiger partial charge in [-0.2, -0.15) is 0 Å². The summed E-state index contributed by atoms with van der Waals surface area (Å²) in [6.45, 7) is 7.98. The maximum Gasteiger partial charge on any atom is 0.239 e. The Hall–Kier alpha value is -0.810. The van der Waals surface area contributed by atoms with E-state index in [0.29, 0.717) is 19.0 Å². The van der Waals surface area contributed by atoms with Crippen molar-refractivity contribution in [2.45, 2.75) is 26.8 Å². The monoisotopic (exact) mass is 263 g/mol. The quantitative estimate of drug-likeness (QED) is 0.751. The predicted molar refractivity (Wildman–Crippen MR) is 69.1 cm³/mol. The molecule has 1 unspecified atom stereocenters. The fourth-order valence-corrected chi connectivity index (χ4v) is 1.45. The van der Waals surface area contributed by atoms with Crippen molar-refractivity contribution < 1.29 is 9.59 Å². The maximum absolute atomic E-state index is 11.6. The van der Waals surface area contributed by atoms with Crippen LogP contribution in [-0.2, 0) is 9.59 Å². The van der Waals surface area contributed by atoms with E-state index in [0.717, 1.165) is 6.54 Å². The minimum Gasteiger partial charge on any atom is -0.352 e. The molecule has 17 heavy (non-hydrogen) atoms. The van der Waals surface area contributed by atoms with E-state index in [1.54, 1.807) is 4.90 Å². The highest BCUT2D eigenvalue weighted by atomic mass is 35.5. The van der Waals surface area contributed by atoms with Crippen molar-refractivity contribution in [3.05, 3.63) is 0 Å². The molecular formula is C11H22ClN3O2. The highest BCUT2D eigenvalue weighted by molar-refractivity contribution is 5.86. The molecule has 5 nitrogen and oxygen atoms in total. The number of nitrogens with one attached hydrogen (secondary N) is 2. The van der Waals surface area contributed by atoms with Gasteiger partial charge in [-0.25, -0.2) is 0 Å². The third-order valence-corrected chi connectivity index (χ3v) is 2.91. The maximum atomic E-state index is 11.6. The van der Waals surface area contributed by atoms with Crippen molar-refractivity contribution in [1.82, 2.24) is 15.5 Å². The molecule has 6 heteroatoms. The predicted octanol–water partition coefficient (Wildman–Crippen LogP) is 0.000700. The first kappa shape index (κ1) is 16.2. The molecule has 1 heterocycles. The zero-order valence-corrected chi connectivity index (χ0v) is 11.5. The van der Waals surface area contributed by atoms with Gasteiger partial charge in [0.05, 0.1) is 13.1 Å². The molecule has 2 amide bonds. The van der Waals surface area contributed by atoms with Gasteiger partial charge in [-0.1, -0.05) is 13.8 Å². The lowest BCUT2D eigenvalue weighted by Crippen LogP contribution is -2.52. The number of hydrogen-bond acceptors (Lipinski definition) is 3. The van der Waals surface area contributed by atoms with Crippen molar-refractivity contribution >= 4 is 24.2 Å². The smallest absolute Gasteiger partial charge is 0.239 e. The van der Waals surface area contributed by atoms with Gasteiger partial charge in [0.2, 0.25) is 11.8 Å². The van der Waals surface area contributed by atoms with Crippen molar-refractivity contribution in [2.24, 2.45) is 5.92 Å². The first-order valence-corrected chi connectivity index (χ1v) is 5.78. The number of amides is 2. The van der Waals surface area contributed by atoms with E-state index in [9.17, 15) is 9.59 Å². The lowest BCUT2D eigenvalue weighted by Gasteiger charge is -2.27. The van der Waals surface area contributed by atoms with E-state index in [4.69, 9.17) is 0 Å². The van der Waals surface area contributed by atoms with Gasteiger partial charge in [0.15, 0.2) is 0 Å². The molecule has 0 radical (unpaired) electrons. The van der Waals surface area contributed by atoms with Crippen LogP contribution in [0.25, 0.3) is 0 Å². The Morgan fingerprint density at radius 3 is 2.65 bits per heavy atom.